The second-order valence-electron chi connectivity index (χ2n) is 5.29. The normalized spacial score (nSPS) is 25.6. The van der Waals surface area contributed by atoms with Gasteiger partial charge in [0.1, 0.15) is 12.1 Å². The lowest BCUT2D eigenvalue weighted by atomic mass is 9.96. The topological polar surface area (TPSA) is 116 Å². The van der Waals surface area contributed by atoms with Gasteiger partial charge in [0.2, 0.25) is 5.91 Å². The van der Waals surface area contributed by atoms with Crippen molar-refractivity contribution in [3.63, 3.8) is 0 Å². The van der Waals surface area contributed by atoms with Crippen LogP contribution in [0.3, 0.4) is 0 Å². The highest BCUT2D eigenvalue weighted by Gasteiger charge is 2.56. The highest BCUT2D eigenvalue weighted by molar-refractivity contribution is 6.09. The van der Waals surface area contributed by atoms with Crippen molar-refractivity contribution in [2.75, 3.05) is 13.1 Å². The zero-order valence-electron chi connectivity index (χ0n) is 11.1. The molecule has 0 bridgehead atoms. The number of nitrogens with one attached hydrogen (secondary N) is 2. The van der Waals surface area contributed by atoms with E-state index < -0.39 is 29.4 Å². The van der Waals surface area contributed by atoms with Gasteiger partial charge in [0.05, 0.1) is 6.42 Å². The Morgan fingerprint density at radius 1 is 1.45 bits per heavy atom. The molecule has 3 N–H and O–H groups in total. The van der Waals surface area contributed by atoms with Crippen LogP contribution in [0.5, 0.6) is 0 Å². The number of urea groups is 1. The van der Waals surface area contributed by atoms with Crippen LogP contribution in [0.25, 0.3) is 0 Å². The molecule has 0 radical (unpaired) electrons. The van der Waals surface area contributed by atoms with Gasteiger partial charge >= 0.3 is 12.0 Å². The van der Waals surface area contributed by atoms with Crippen LogP contribution in [0, 0.1) is 5.92 Å². The number of carboxylic acid groups (broad SMARTS) is 1. The van der Waals surface area contributed by atoms with Gasteiger partial charge in [-0.05, 0) is 25.7 Å². The third-order valence-electron chi connectivity index (χ3n) is 3.66. The molecule has 1 aliphatic carbocycles. The summed E-state index contributed by atoms with van der Waals surface area (Å²) in [7, 11) is 0. The molecular formula is C12H17N3O5. The second kappa shape index (κ2) is 5.10. The van der Waals surface area contributed by atoms with Crippen LogP contribution in [-0.2, 0) is 14.4 Å². The molecular weight excluding hydrogens is 266 g/mol. The standard InChI is InChI=1S/C12H17N3O5/c1-12(7-2-3-7)10(19)15(11(20)14-12)6-8(16)13-5-4-9(17)18/h7H,2-6H2,1H3,(H,13,16)(H,14,20)(H,17,18)/t12-/m0/s1. The Labute approximate surface area is 115 Å². The van der Waals surface area contributed by atoms with Crippen LogP contribution in [0.2, 0.25) is 0 Å². The summed E-state index contributed by atoms with van der Waals surface area (Å²) in [6.45, 7) is 1.26. The summed E-state index contributed by atoms with van der Waals surface area (Å²) < 4.78 is 0. The SMILES string of the molecule is C[C@@]1(C2CC2)NC(=O)N(CC(=O)NCCC(=O)O)C1=O. The first-order valence-electron chi connectivity index (χ1n) is 6.47. The highest BCUT2D eigenvalue weighted by atomic mass is 16.4. The Morgan fingerprint density at radius 2 is 2.10 bits per heavy atom. The molecule has 0 spiro atoms. The van der Waals surface area contributed by atoms with Gasteiger partial charge < -0.3 is 15.7 Å². The van der Waals surface area contributed by atoms with Gasteiger partial charge in [-0.25, -0.2) is 4.79 Å². The predicted molar refractivity (Wildman–Crippen MR) is 66.6 cm³/mol. The van der Waals surface area contributed by atoms with E-state index in [1.165, 1.54) is 0 Å². The van der Waals surface area contributed by atoms with Gasteiger partial charge in [0.25, 0.3) is 5.91 Å². The van der Waals surface area contributed by atoms with E-state index in [0.717, 1.165) is 17.7 Å². The van der Waals surface area contributed by atoms with Gasteiger partial charge in [-0.3, -0.25) is 19.3 Å². The van der Waals surface area contributed by atoms with Crippen LogP contribution in [-0.4, -0.2) is 52.4 Å². The van der Waals surface area contributed by atoms with Gasteiger partial charge in [-0.15, -0.1) is 0 Å². The number of hydrogen-bond acceptors (Lipinski definition) is 4. The summed E-state index contributed by atoms with van der Waals surface area (Å²) in [5, 5.41) is 13.4. The molecule has 1 saturated heterocycles. The van der Waals surface area contributed by atoms with Gasteiger partial charge in [0.15, 0.2) is 0 Å². The van der Waals surface area contributed by atoms with Gasteiger partial charge in [-0.1, -0.05) is 0 Å². The fraction of sp³-hybridized carbons (Fsp3) is 0.667. The van der Waals surface area contributed by atoms with E-state index in [1.54, 1.807) is 6.92 Å². The van der Waals surface area contributed by atoms with E-state index in [0.29, 0.717) is 0 Å². The van der Waals surface area contributed by atoms with E-state index in [1.807, 2.05) is 0 Å². The van der Waals surface area contributed by atoms with Crippen molar-refractivity contribution in [2.24, 2.45) is 5.92 Å². The molecule has 2 fully saturated rings. The number of carbonyl (C=O) groups excluding carboxylic acids is 3. The molecule has 0 unspecified atom stereocenters. The smallest absolute Gasteiger partial charge is 0.325 e. The number of imide groups is 1. The lowest BCUT2D eigenvalue weighted by molar-refractivity contribution is -0.137. The van der Waals surface area contributed by atoms with E-state index >= 15 is 0 Å². The number of carboxylic acids is 1. The first kappa shape index (κ1) is 14.3. The third-order valence-corrected chi connectivity index (χ3v) is 3.66. The summed E-state index contributed by atoms with van der Waals surface area (Å²) in [5.74, 6) is -1.83. The Hall–Kier alpha value is -2.12. The fourth-order valence-electron chi connectivity index (χ4n) is 2.31. The van der Waals surface area contributed by atoms with Crippen LogP contribution < -0.4 is 10.6 Å². The third kappa shape index (κ3) is 2.73. The number of amides is 4. The average Bonchev–Trinajstić information content (AvgIpc) is 3.15. The minimum atomic E-state index is -1.03. The Bertz CT molecular complexity index is 474. The average molecular weight is 283 g/mol. The van der Waals surface area contributed by atoms with Crippen molar-refractivity contribution in [3.8, 4) is 0 Å². The monoisotopic (exact) mass is 283 g/mol. The zero-order valence-corrected chi connectivity index (χ0v) is 11.1. The molecule has 0 aromatic carbocycles. The van der Waals surface area contributed by atoms with Crippen molar-refractivity contribution in [2.45, 2.75) is 31.7 Å². The number of rotatable bonds is 6. The van der Waals surface area contributed by atoms with Crippen LogP contribution in [0.15, 0.2) is 0 Å². The van der Waals surface area contributed by atoms with Crippen LogP contribution in [0.4, 0.5) is 4.79 Å². The van der Waals surface area contributed by atoms with E-state index in [-0.39, 0.29) is 25.4 Å². The van der Waals surface area contributed by atoms with Crippen molar-refractivity contribution in [3.05, 3.63) is 0 Å². The minimum Gasteiger partial charge on any atom is -0.481 e. The molecule has 0 aromatic rings. The molecule has 8 heteroatoms. The first-order valence-corrected chi connectivity index (χ1v) is 6.47. The molecule has 8 nitrogen and oxygen atoms in total. The molecule has 1 saturated carbocycles. The Morgan fingerprint density at radius 3 is 2.65 bits per heavy atom. The maximum absolute atomic E-state index is 12.2. The van der Waals surface area contributed by atoms with Gasteiger partial charge in [-0.2, -0.15) is 0 Å². The fourth-order valence-corrected chi connectivity index (χ4v) is 2.31. The Balaban J connectivity index is 1.89. The Kier molecular flexibility index (Phi) is 3.65. The molecule has 4 amide bonds. The summed E-state index contributed by atoms with van der Waals surface area (Å²) in [6, 6.07) is -0.571. The van der Waals surface area contributed by atoms with Crippen molar-refractivity contribution in [1.29, 1.82) is 0 Å². The lowest BCUT2D eigenvalue weighted by Gasteiger charge is -2.20. The van der Waals surface area contributed by atoms with Crippen molar-refractivity contribution < 1.29 is 24.3 Å². The summed E-state index contributed by atoms with van der Waals surface area (Å²) in [4.78, 5) is 46.8. The maximum Gasteiger partial charge on any atom is 0.325 e. The van der Waals surface area contributed by atoms with Crippen molar-refractivity contribution >= 4 is 23.8 Å². The predicted octanol–water partition coefficient (Wildman–Crippen LogP) is -0.702. The van der Waals surface area contributed by atoms with Crippen LogP contribution in [0.1, 0.15) is 26.2 Å². The summed E-state index contributed by atoms with van der Waals surface area (Å²) in [5.41, 5.74) is -0.904. The molecule has 2 rings (SSSR count). The summed E-state index contributed by atoms with van der Waals surface area (Å²) >= 11 is 0. The highest BCUT2D eigenvalue weighted by Crippen LogP contribution is 2.42. The van der Waals surface area contributed by atoms with Crippen LogP contribution >= 0.6 is 0 Å². The number of hydrogen-bond donors (Lipinski definition) is 3. The lowest BCUT2D eigenvalue weighted by Crippen LogP contribution is -2.47. The largest absolute Gasteiger partial charge is 0.481 e. The van der Waals surface area contributed by atoms with E-state index in [4.69, 9.17) is 5.11 Å². The molecule has 2 aliphatic rings. The number of carbonyl (C=O) groups is 4. The molecule has 110 valence electrons. The molecule has 20 heavy (non-hydrogen) atoms. The molecule has 1 atom stereocenters. The van der Waals surface area contributed by atoms with Crippen molar-refractivity contribution in [1.82, 2.24) is 15.5 Å². The molecule has 1 heterocycles. The number of aliphatic carboxylic acids is 1. The molecule has 0 aromatic heterocycles. The number of nitrogens with zero attached hydrogens (tertiary/aromatic N) is 1. The maximum atomic E-state index is 12.2. The van der Waals surface area contributed by atoms with Gasteiger partial charge in [0, 0.05) is 6.54 Å². The zero-order chi connectivity index (χ0) is 14.9. The van der Waals surface area contributed by atoms with E-state index in [2.05, 4.69) is 10.6 Å². The quantitative estimate of drug-likeness (QED) is 0.557. The second-order valence-corrected chi connectivity index (χ2v) is 5.29. The minimum absolute atomic E-state index is 0.0301. The summed E-state index contributed by atoms with van der Waals surface area (Å²) in [6.07, 6.45) is 1.58. The molecule has 1 aliphatic heterocycles. The van der Waals surface area contributed by atoms with E-state index in [9.17, 15) is 19.2 Å². The first-order chi connectivity index (χ1) is 9.34.